The van der Waals surface area contributed by atoms with Crippen molar-refractivity contribution in [2.45, 2.75) is 44.2 Å². The minimum atomic E-state index is -0.586. The molecule has 2 fully saturated rings. The summed E-state index contributed by atoms with van der Waals surface area (Å²) in [4.78, 5) is 37.8. The summed E-state index contributed by atoms with van der Waals surface area (Å²) in [7, 11) is 0. The van der Waals surface area contributed by atoms with Crippen molar-refractivity contribution in [1.29, 1.82) is 0 Å². The highest BCUT2D eigenvalue weighted by molar-refractivity contribution is 7.80. The van der Waals surface area contributed by atoms with E-state index in [4.69, 9.17) is 12.2 Å². The van der Waals surface area contributed by atoms with Crippen LogP contribution in [0.2, 0.25) is 0 Å². The lowest BCUT2D eigenvalue weighted by molar-refractivity contribution is -0.130. The Kier molecular flexibility index (Phi) is 6.13. The van der Waals surface area contributed by atoms with E-state index in [-0.39, 0.29) is 17.5 Å². The van der Waals surface area contributed by atoms with E-state index in [2.05, 4.69) is 34.9 Å². The average Bonchev–Trinajstić information content (AvgIpc) is 3.44. The lowest BCUT2D eigenvalue weighted by atomic mass is 9.83. The van der Waals surface area contributed by atoms with Crippen molar-refractivity contribution in [1.82, 2.24) is 10.6 Å². The maximum Gasteiger partial charge on any atom is 0.155 e. The molecule has 2 unspecified atom stereocenters. The van der Waals surface area contributed by atoms with Crippen molar-refractivity contribution in [3.8, 4) is 0 Å². The number of carbonyl (C=O) groups is 3. The first-order valence-electron chi connectivity index (χ1n) is 10.4. The third-order valence-electron chi connectivity index (χ3n) is 6.36. The number of aldehydes is 1. The van der Waals surface area contributed by atoms with Gasteiger partial charge in [0.15, 0.2) is 5.78 Å². The summed E-state index contributed by atoms with van der Waals surface area (Å²) in [6.07, 6.45) is 6.67. The molecule has 6 heteroatoms. The minimum absolute atomic E-state index is 0.0445. The predicted octanol–water partition coefficient (Wildman–Crippen LogP) is 2.07. The van der Waals surface area contributed by atoms with E-state index in [0.717, 1.165) is 25.5 Å². The van der Waals surface area contributed by atoms with E-state index >= 15 is 0 Å². The number of carbonyl (C=O) groups excluding carboxylic acids is 3. The lowest BCUT2D eigenvalue weighted by Crippen LogP contribution is -2.46. The molecular weight excluding hydrogens is 384 g/mol. The summed E-state index contributed by atoms with van der Waals surface area (Å²) in [6, 6.07) is 7.33. The summed E-state index contributed by atoms with van der Waals surface area (Å²) >= 11 is 5.42. The minimum Gasteiger partial charge on any atom is -0.307 e. The van der Waals surface area contributed by atoms with Gasteiger partial charge in [-0.1, -0.05) is 48.1 Å². The van der Waals surface area contributed by atoms with Gasteiger partial charge in [0, 0.05) is 23.7 Å². The molecule has 0 saturated carbocycles. The molecule has 29 heavy (non-hydrogen) atoms. The molecule has 2 heterocycles. The number of hydrogen-bond acceptors (Lipinski definition) is 6. The molecule has 2 saturated heterocycles. The maximum absolute atomic E-state index is 13.0. The Morgan fingerprint density at radius 2 is 2.03 bits per heavy atom. The first-order valence-corrected chi connectivity index (χ1v) is 10.8. The van der Waals surface area contributed by atoms with Crippen LogP contribution in [0.5, 0.6) is 0 Å². The van der Waals surface area contributed by atoms with E-state index in [9.17, 15) is 14.4 Å². The molecule has 152 valence electrons. The Bertz CT molecular complexity index is 879. The van der Waals surface area contributed by atoms with Crippen molar-refractivity contribution in [2.75, 3.05) is 13.1 Å². The van der Waals surface area contributed by atoms with Crippen molar-refractivity contribution in [2.24, 2.45) is 11.8 Å². The number of nitrogens with one attached hydrogen (secondary N) is 2. The van der Waals surface area contributed by atoms with Crippen molar-refractivity contribution in [3.05, 3.63) is 41.0 Å². The van der Waals surface area contributed by atoms with Crippen LogP contribution in [0.15, 0.2) is 29.8 Å². The van der Waals surface area contributed by atoms with Gasteiger partial charge in [-0.15, -0.1) is 0 Å². The topological polar surface area (TPSA) is 75.3 Å². The van der Waals surface area contributed by atoms with E-state index in [0.29, 0.717) is 30.8 Å². The van der Waals surface area contributed by atoms with E-state index in [1.807, 2.05) is 6.07 Å². The standard InChI is InChI=1S/C23H26N2O3S/c26-13-18-17(8-9-24-18)23(28)22-21(20(29)12-25-22)19(27)7-3-4-14-10-15-5-1-2-6-16(15)11-14/h1-2,5-6,10,13,17-18,21-22,24-25H,3-4,7-9,11-12H2/t17?,18-,21?,22+/m1/s1. The van der Waals surface area contributed by atoms with Gasteiger partial charge in [-0.25, -0.2) is 0 Å². The van der Waals surface area contributed by atoms with Gasteiger partial charge in [0.2, 0.25) is 0 Å². The number of ketones is 2. The van der Waals surface area contributed by atoms with Crippen LogP contribution in [0, 0.1) is 11.8 Å². The van der Waals surface area contributed by atoms with Gasteiger partial charge in [-0.2, -0.15) is 0 Å². The molecule has 2 N–H and O–H groups in total. The Labute approximate surface area is 176 Å². The zero-order valence-corrected chi connectivity index (χ0v) is 17.2. The molecule has 3 aliphatic rings. The number of rotatable bonds is 8. The molecular formula is C23H26N2O3S. The van der Waals surface area contributed by atoms with Crippen LogP contribution in [0.25, 0.3) is 6.08 Å². The quantitative estimate of drug-likeness (QED) is 0.505. The predicted molar refractivity (Wildman–Crippen MR) is 116 cm³/mol. The van der Waals surface area contributed by atoms with Gasteiger partial charge in [-0.05, 0) is 43.4 Å². The third kappa shape index (κ3) is 4.15. The van der Waals surface area contributed by atoms with Gasteiger partial charge >= 0.3 is 0 Å². The fourth-order valence-corrected chi connectivity index (χ4v) is 5.18. The summed E-state index contributed by atoms with van der Waals surface area (Å²) in [6.45, 7) is 1.06. The third-order valence-corrected chi connectivity index (χ3v) is 6.76. The number of allylic oxidation sites excluding steroid dienone is 1. The van der Waals surface area contributed by atoms with Crippen LogP contribution in [0.1, 0.15) is 36.8 Å². The first kappa shape index (κ1) is 20.3. The van der Waals surface area contributed by atoms with Crippen LogP contribution in [-0.4, -0.2) is 47.9 Å². The Morgan fingerprint density at radius 1 is 1.21 bits per heavy atom. The van der Waals surface area contributed by atoms with Crippen LogP contribution in [-0.2, 0) is 20.8 Å². The molecule has 0 aromatic heterocycles. The van der Waals surface area contributed by atoms with Gasteiger partial charge in [0.05, 0.1) is 18.0 Å². The van der Waals surface area contributed by atoms with Crippen molar-refractivity contribution in [3.63, 3.8) is 0 Å². The number of hydrogen-bond donors (Lipinski definition) is 2. The van der Waals surface area contributed by atoms with Crippen molar-refractivity contribution >= 4 is 41.0 Å². The van der Waals surface area contributed by atoms with Crippen LogP contribution in [0.3, 0.4) is 0 Å². The highest BCUT2D eigenvalue weighted by Crippen LogP contribution is 2.29. The zero-order valence-electron chi connectivity index (χ0n) is 16.4. The van der Waals surface area contributed by atoms with Crippen LogP contribution in [0.4, 0.5) is 0 Å². The summed E-state index contributed by atoms with van der Waals surface area (Å²) < 4.78 is 0. The number of benzene rings is 1. The molecule has 4 atom stereocenters. The second kappa shape index (κ2) is 8.78. The number of Topliss-reactive ketones (excluding diaryl/α,β-unsaturated/α-hetero) is 2. The van der Waals surface area contributed by atoms with E-state index in [1.54, 1.807) is 0 Å². The number of fused-ring (bicyclic) bond motifs is 1. The van der Waals surface area contributed by atoms with Gasteiger partial charge in [0.25, 0.3) is 0 Å². The maximum atomic E-state index is 13.0. The summed E-state index contributed by atoms with van der Waals surface area (Å²) in [5.74, 6) is -0.925. The fourth-order valence-electron chi connectivity index (χ4n) is 4.83. The van der Waals surface area contributed by atoms with Crippen LogP contribution < -0.4 is 10.6 Å². The SMILES string of the molecule is O=C[C@H]1NCCC1C(=O)[C@H]1NCC(=S)C1C(=O)CCCC1=Cc2ccccc2C1. The van der Waals surface area contributed by atoms with Crippen LogP contribution >= 0.6 is 12.2 Å². The normalized spacial score (nSPS) is 28.3. The van der Waals surface area contributed by atoms with E-state index < -0.39 is 18.0 Å². The monoisotopic (exact) mass is 410 g/mol. The molecule has 0 amide bonds. The van der Waals surface area contributed by atoms with Crippen molar-refractivity contribution < 1.29 is 14.4 Å². The average molecular weight is 411 g/mol. The van der Waals surface area contributed by atoms with Gasteiger partial charge < -0.3 is 15.4 Å². The first-order chi connectivity index (χ1) is 14.1. The summed E-state index contributed by atoms with van der Waals surface area (Å²) in [5.41, 5.74) is 3.97. The lowest BCUT2D eigenvalue weighted by Gasteiger charge is -2.22. The molecule has 1 aromatic rings. The Morgan fingerprint density at radius 3 is 2.83 bits per heavy atom. The molecule has 0 spiro atoms. The van der Waals surface area contributed by atoms with Gasteiger partial charge in [0.1, 0.15) is 12.1 Å². The molecule has 1 aliphatic carbocycles. The highest BCUT2D eigenvalue weighted by atomic mass is 32.1. The Hall–Kier alpha value is -2.02. The molecule has 4 rings (SSSR count). The summed E-state index contributed by atoms with van der Waals surface area (Å²) in [5, 5.41) is 6.18. The smallest absolute Gasteiger partial charge is 0.155 e. The molecule has 2 aliphatic heterocycles. The number of thiocarbonyl (C=S) groups is 1. The molecule has 0 radical (unpaired) electrons. The molecule has 5 nitrogen and oxygen atoms in total. The fraction of sp³-hybridized carbons (Fsp3) is 0.478. The molecule has 0 bridgehead atoms. The van der Waals surface area contributed by atoms with Gasteiger partial charge in [-0.3, -0.25) is 9.59 Å². The Balaban J connectivity index is 1.34. The van der Waals surface area contributed by atoms with E-state index in [1.165, 1.54) is 16.7 Å². The highest BCUT2D eigenvalue weighted by Gasteiger charge is 2.45. The second-order valence-corrected chi connectivity index (χ2v) is 8.74. The second-order valence-electron chi connectivity index (χ2n) is 8.21. The zero-order chi connectivity index (χ0) is 20.4. The largest absolute Gasteiger partial charge is 0.307 e. The molecule has 1 aromatic carbocycles.